The number of aromatic nitrogens is 1. The van der Waals surface area contributed by atoms with E-state index in [4.69, 9.17) is 0 Å². The van der Waals surface area contributed by atoms with E-state index in [0.29, 0.717) is 16.6 Å². The fourth-order valence-corrected chi connectivity index (χ4v) is 3.41. The summed E-state index contributed by atoms with van der Waals surface area (Å²) in [6.07, 6.45) is 4.11. The first-order valence-corrected chi connectivity index (χ1v) is 9.57. The number of carbonyl (C=O) groups is 1. The van der Waals surface area contributed by atoms with Gasteiger partial charge in [0.15, 0.2) is 0 Å². The third kappa shape index (κ3) is 3.87. The number of carboxylic acids is 1. The molecule has 4 rings (SSSR count). The summed E-state index contributed by atoms with van der Waals surface area (Å²) in [5, 5.41) is 10.2. The van der Waals surface area contributed by atoms with Crippen LogP contribution in [0.25, 0.3) is 34.3 Å². The molecule has 4 heteroatoms. The van der Waals surface area contributed by atoms with Crippen molar-refractivity contribution in [1.29, 1.82) is 0 Å². The summed E-state index contributed by atoms with van der Waals surface area (Å²) in [5.41, 5.74) is 4.63. The van der Waals surface area contributed by atoms with Crippen molar-refractivity contribution in [3.63, 3.8) is 0 Å². The van der Waals surface area contributed by atoms with Gasteiger partial charge in [0.2, 0.25) is 0 Å². The molecular weight excluding hydrogens is 414 g/mol. The number of rotatable bonds is 4. The fourth-order valence-electron chi connectivity index (χ4n) is 3.04. The molecule has 1 N–H and O–H groups in total. The number of fused-ring (bicyclic) bond motifs is 1. The van der Waals surface area contributed by atoms with Crippen molar-refractivity contribution in [2.45, 2.75) is 0 Å². The molecule has 136 valence electrons. The predicted molar refractivity (Wildman–Crippen MR) is 117 cm³/mol. The van der Waals surface area contributed by atoms with Crippen molar-refractivity contribution in [3.05, 3.63) is 100 Å². The number of benzene rings is 3. The minimum atomic E-state index is -0.964. The number of hydrogen-bond acceptors (Lipinski definition) is 2. The number of carboxylic acid groups (broad SMARTS) is 1. The molecule has 0 saturated carbocycles. The van der Waals surface area contributed by atoms with Gasteiger partial charge < -0.3 is 5.11 Å². The Morgan fingerprint density at radius 2 is 1.54 bits per heavy atom. The van der Waals surface area contributed by atoms with Crippen molar-refractivity contribution >= 4 is 45.0 Å². The minimum Gasteiger partial charge on any atom is -0.478 e. The molecule has 0 atom stereocenters. The molecule has 28 heavy (non-hydrogen) atoms. The van der Waals surface area contributed by atoms with Crippen molar-refractivity contribution in [2.75, 3.05) is 0 Å². The maximum absolute atomic E-state index is 11.7. The van der Waals surface area contributed by atoms with E-state index in [-0.39, 0.29) is 5.56 Å². The Bertz CT molecular complexity index is 1180. The van der Waals surface area contributed by atoms with Gasteiger partial charge in [0.1, 0.15) is 0 Å². The number of pyridine rings is 1. The lowest BCUT2D eigenvalue weighted by atomic mass is 10.0. The first-order chi connectivity index (χ1) is 13.6. The molecule has 0 amide bonds. The van der Waals surface area contributed by atoms with E-state index in [1.807, 2.05) is 60.7 Å². The second-order valence-electron chi connectivity index (χ2n) is 6.39. The highest BCUT2D eigenvalue weighted by molar-refractivity contribution is 9.10. The predicted octanol–water partition coefficient (Wildman–Crippen LogP) is 6.53. The van der Waals surface area contributed by atoms with Crippen LogP contribution in [-0.4, -0.2) is 16.1 Å². The average Bonchev–Trinajstić information content (AvgIpc) is 2.72. The van der Waals surface area contributed by atoms with E-state index in [2.05, 4.69) is 39.1 Å². The summed E-state index contributed by atoms with van der Waals surface area (Å²) in [6, 6.07) is 25.1. The third-order valence-corrected chi connectivity index (χ3v) is 4.97. The van der Waals surface area contributed by atoms with Crippen LogP contribution < -0.4 is 0 Å². The molecule has 3 nitrogen and oxygen atoms in total. The van der Waals surface area contributed by atoms with Crippen LogP contribution in [-0.2, 0) is 0 Å². The Morgan fingerprint density at radius 1 is 0.857 bits per heavy atom. The van der Waals surface area contributed by atoms with Crippen LogP contribution in [0.2, 0.25) is 0 Å². The largest absolute Gasteiger partial charge is 0.478 e. The lowest BCUT2D eigenvalue weighted by molar-refractivity contribution is 0.0699. The van der Waals surface area contributed by atoms with Crippen molar-refractivity contribution in [3.8, 4) is 11.3 Å². The van der Waals surface area contributed by atoms with Gasteiger partial charge in [0.25, 0.3) is 0 Å². The van der Waals surface area contributed by atoms with Crippen LogP contribution in [0.4, 0.5) is 0 Å². The normalized spacial score (nSPS) is 11.2. The van der Waals surface area contributed by atoms with Crippen LogP contribution in [0.3, 0.4) is 0 Å². The molecule has 0 aliphatic carbocycles. The highest BCUT2D eigenvalue weighted by atomic mass is 79.9. The van der Waals surface area contributed by atoms with E-state index in [0.717, 1.165) is 21.2 Å². The molecule has 0 fully saturated rings. The van der Waals surface area contributed by atoms with Gasteiger partial charge in [0, 0.05) is 15.4 Å². The van der Waals surface area contributed by atoms with Crippen molar-refractivity contribution in [2.24, 2.45) is 0 Å². The molecule has 0 bridgehead atoms. The molecule has 3 aromatic carbocycles. The van der Waals surface area contributed by atoms with Gasteiger partial charge in [-0.05, 0) is 35.4 Å². The summed E-state index contributed by atoms with van der Waals surface area (Å²) in [5.74, 6) is -0.964. The van der Waals surface area contributed by atoms with E-state index in [1.54, 1.807) is 12.1 Å². The quantitative estimate of drug-likeness (QED) is 0.375. The van der Waals surface area contributed by atoms with Gasteiger partial charge in [-0.2, -0.15) is 0 Å². The lowest BCUT2D eigenvalue weighted by Gasteiger charge is -2.08. The van der Waals surface area contributed by atoms with Crippen molar-refractivity contribution < 1.29 is 9.90 Å². The minimum absolute atomic E-state index is 0.245. The van der Waals surface area contributed by atoms with Crippen LogP contribution >= 0.6 is 15.9 Å². The molecule has 0 aliphatic rings. The molecule has 1 aromatic heterocycles. The summed E-state index contributed by atoms with van der Waals surface area (Å²) >= 11 is 3.39. The van der Waals surface area contributed by atoms with Gasteiger partial charge in [-0.25, -0.2) is 9.78 Å². The Balaban J connectivity index is 1.69. The molecule has 1 heterocycles. The lowest BCUT2D eigenvalue weighted by Crippen LogP contribution is -2.00. The Labute approximate surface area is 171 Å². The smallest absolute Gasteiger partial charge is 0.336 e. The summed E-state index contributed by atoms with van der Waals surface area (Å²) in [7, 11) is 0. The average molecular weight is 430 g/mol. The van der Waals surface area contributed by atoms with E-state index in [1.165, 1.54) is 0 Å². The standard InChI is InChI=1S/C24H16BrNO2/c25-19-12-13-22-20(14-19)21(24(27)28)15-23(26-22)18-10-8-17(9-11-18)7-6-16-4-2-1-3-5-16/h1-15H,(H,27,28). The second kappa shape index (κ2) is 7.79. The third-order valence-electron chi connectivity index (χ3n) is 4.48. The first-order valence-electron chi connectivity index (χ1n) is 8.77. The van der Waals surface area contributed by atoms with Gasteiger partial charge in [-0.15, -0.1) is 0 Å². The topological polar surface area (TPSA) is 50.2 Å². The molecular formula is C24H16BrNO2. The molecule has 0 saturated heterocycles. The zero-order valence-corrected chi connectivity index (χ0v) is 16.4. The maximum atomic E-state index is 11.7. The summed E-state index contributed by atoms with van der Waals surface area (Å²) in [4.78, 5) is 16.4. The molecule has 0 aliphatic heterocycles. The number of hydrogen-bond donors (Lipinski definition) is 1. The van der Waals surface area contributed by atoms with Crippen LogP contribution in [0.1, 0.15) is 21.5 Å². The molecule has 0 radical (unpaired) electrons. The zero-order valence-electron chi connectivity index (χ0n) is 14.8. The molecule has 4 aromatic rings. The highest BCUT2D eigenvalue weighted by Crippen LogP contribution is 2.27. The Morgan fingerprint density at radius 3 is 2.21 bits per heavy atom. The maximum Gasteiger partial charge on any atom is 0.336 e. The highest BCUT2D eigenvalue weighted by Gasteiger charge is 2.13. The Hall–Kier alpha value is -3.24. The van der Waals surface area contributed by atoms with Gasteiger partial charge >= 0.3 is 5.97 Å². The first kappa shape index (κ1) is 18.1. The van der Waals surface area contributed by atoms with E-state index < -0.39 is 5.97 Å². The SMILES string of the molecule is O=C(O)c1cc(-c2ccc(C=Cc3ccccc3)cc2)nc2ccc(Br)cc12. The van der Waals surface area contributed by atoms with Gasteiger partial charge in [0.05, 0.1) is 16.8 Å². The van der Waals surface area contributed by atoms with Gasteiger partial charge in [-0.1, -0.05) is 82.7 Å². The number of aromatic carboxylic acids is 1. The molecule has 0 unspecified atom stereocenters. The molecule has 0 spiro atoms. The van der Waals surface area contributed by atoms with Crippen LogP contribution in [0.5, 0.6) is 0 Å². The van der Waals surface area contributed by atoms with E-state index >= 15 is 0 Å². The van der Waals surface area contributed by atoms with Crippen LogP contribution in [0.15, 0.2) is 83.3 Å². The van der Waals surface area contributed by atoms with E-state index in [9.17, 15) is 9.90 Å². The van der Waals surface area contributed by atoms with Crippen LogP contribution in [0, 0.1) is 0 Å². The van der Waals surface area contributed by atoms with Gasteiger partial charge in [-0.3, -0.25) is 0 Å². The summed E-state index contributed by atoms with van der Waals surface area (Å²) in [6.45, 7) is 0. The monoisotopic (exact) mass is 429 g/mol. The zero-order chi connectivity index (χ0) is 19.5. The summed E-state index contributed by atoms with van der Waals surface area (Å²) < 4.78 is 0.826. The second-order valence-corrected chi connectivity index (χ2v) is 7.30. The fraction of sp³-hybridized carbons (Fsp3) is 0. The number of nitrogens with zero attached hydrogens (tertiary/aromatic N) is 1. The Kier molecular flexibility index (Phi) is 5.04. The number of halogens is 1. The van der Waals surface area contributed by atoms with Crippen molar-refractivity contribution in [1.82, 2.24) is 4.98 Å².